The Balaban J connectivity index is 2.88. The third kappa shape index (κ3) is 3.42. The van der Waals surface area contributed by atoms with E-state index in [1.807, 2.05) is 13.0 Å². The second-order valence-electron chi connectivity index (χ2n) is 3.64. The maximum Gasteiger partial charge on any atom is 0.244 e. The van der Waals surface area contributed by atoms with Crippen molar-refractivity contribution in [2.75, 3.05) is 25.5 Å². The van der Waals surface area contributed by atoms with Crippen LogP contribution in [0.5, 0.6) is 0 Å². The highest BCUT2D eigenvalue weighted by atomic mass is 32.2. The van der Waals surface area contributed by atoms with Crippen LogP contribution in [0.4, 0.5) is 5.82 Å². The van der Waals surface area contributed by atoms with Crippen LogP contribution < -0.4 is 5.32 Å². The molecule has 1 heterocycles. The molecule has 0 aliphatic carbocycles. The summed E-state index contributed by atoms with van der Waals surface area (Å²) in [6.07, 6.45) is 1.48. The molecule has 7 heteroatoms. The van der Waals surface area contributed by atoms with Crippen LogP contribution in [0.15, 0.2) is 23.2 Å². The van der Waals surface area contributed by atoms with Crippen molar-refractivity contribution < 1.29 is 8.42 Å². The van der Waals surface area contributed by atoms with Crippen molar-refractivity contribution >= 4 is 15.8 Å². The standard InChI is InChI=1S/C11H16N4O2S/c1-3-13-11-6-5-10(9-14-11)18(16,17)15(2)8-4-7-12/h5-6,9H,3-4,8H2,1-2H3,(H,13,14). The number of hydrogen-bond acceptors (Lipinski definition) is 5. The first-order valence-electron chi connectivity index (χ1n) is 5.55. The van der Waals surface area contributed by atoms with Crippen molar-refractivity contribution in [1.29, 1.82) is 5.26 Å². The van der Waals surface area contributed by atoms with Crippen LogP contribution in [-0.4, -0.2) is 37.8 Å². The van der Waals surface area contributed by atoms with Crippen LogP contribution in [0.1, 0.15) is 13.3 Å². The van der Waals surface area contributed by atoms with Gasteiger partial charge in [-0.3, -0.25) is 0 Å². The Morgan fingerprint density at radius 1 is 1.50 bits per heavy atom. The van der Waals surface area contributed by atoms with Gasteiger partial charge in [0.25, 0.3) is 0 Å². The number of rotatable bonds is 6. The number of nitriles is 1. The minimum Gasteiger partial charge on any atom is -0.370 e. The molecule has 0 spiro atoms. The van der Waals surface area contributed by atoms with Gasteiger partial charge >= 0.3 is 0 Å². The van der Waals surface area contributed by atoms with Gasteiger partial charge in [-0.05, 0) is 19.1 Å². The summed E-state index contributed by atoms with van der Waals surface area (Å²) in [7, 11) is -2.10. The topological polar surface area (TPSA) is 86.1 Å². The van der Waals surface area contributed by atoms with Crippen molar-refractivity contribution in [1.82, 2.24) is 9.29 Å². The van der Waals surface area contributed by atoms with Crippen molar-refractivity contribution in [3.05, 3.63) is 18.3 Å². The molecule has 0 fully saturated rings. The Morgan fingerprint density at radius 3 is 2.72 bits per heavy atom. The first kappa shape index (κ1) is 14.4. The molecule has 98 valence electrons. The highest BCUT2D eigenvalue weighted by molar-refractivity contribution is 7.89. The lowest BCUT2D eigenvalue weighted by atomic mass is 10.4. The summed E-state index contributed by atoms with van der Waals surface area (Å²) in [5.74, 6) is 0.635. The second-order valence-corrected chi connectivity index (χ2v) is 5.69. The molecule has 0 saturated carbocycles. The molecule has 0 bridgehead atoms. The van der Waals surface area contributed by atoms with E-state index in [-0.39, 0.29) is 17.9 Å². The summed E-state index contributed by atoms with van der Waals surface area (Å²) in [5, 5.41) is 11.4. The van der Waals surface area contributed by atoms with Gasteiger partial charge in [0.1, 0.15) is 10.7 Å². The average Bonchev–Trinajstić information content (AvgIpc) is 2.37. The SMILES string of the molecule is CCNc1ccc(S(=O)(=O)N(C)CCC#N)cn1. The lowest BCUT2D eigenvalue weighted by Crippen LogP contribution is -2.27. The Morgan fingerprint density at radius 2 is 2.22 bits per heavy atom. The maximum absolute atomic E-state index is 12.1. The Hall–Kier alpha value is -1.65. The zero-order chi connectivity index (χ0) is 13.6. The first-order valence-corrected chi connectivity index (χ1v) is 6.99. The molecule has 0 aromatic carbocycles. The molecule has 0 aliphatic rings. The first-order chi connectivity index (χ1) is 8.52. The number of nitrogens with one attached hydrogen (secondary N) is 1. The van der Waals surface area contributed by atoms with Gasteiger partial charge in [0, 0.05) is 32.8 Å². The van der Waals surface area contributed by atoms with E-state index in [1.54, 1.807) is 6.07 Å². The van der Waals surface area contributed by atoms with E-state index >= 15 is 0 Å². The predicted molar refractivity (Wildman–Crippen MR) is 68.4 cm³/mol. The minimum absolute atomic E-state index is 0.129. The molecule has 0 saturated heterocycles. The monoisotopic (exact) mass is 268 g/mol. The van der Waals surface area contributed by atoms with E-state index in [0.717, 1.165) is 10.8 Å². The third-order valence-electron chi connectivity index (χ3n) is 2.34. The van der Waals surface area contributed by atoms with Crippen molar-refractivity contribution in [3.63, 3.8) is 0 Å². The highest BCUT2D eigenvalue weighted by Gasteiger charge is 2.20. The molecule has 1 N–H and O–H groups in total. The van der Waals surface area contributed by atoms with Gasteiger partial charge in [-0.1, -0.05) is 0 Å². The largest absolute Gasteiger partial charge is 0.370 e. The van der Waals surface area contributed by atoms with E-state index in [0.29, 0.717) is 5.82 Å². The van der Waals surface area contributed by atoms with Gasteiger partial charge in [-0.2, -0.15) is 9.57 Å². The summed E-state index contributed by atoms with van der Waals surface area (Å²) in [6, 6.07) is 5.04. The van der Waals surface area contributed by atoms with Gasteiger partial charge in [0.2, 0.25) is 10.0 Å². The van der Waals surface area contributed by atoms with E-state index in [1.165, 1.54) is 19.3 Å². The van der Waals surface area contributed by atoms with Crippen molar-refractivity contribution in [2.45, 2.75) is 18.2 Å². The van der Waals surface area contributed by atoms with E-state index in [2.05, 4.69) is 10.3 Å². The second kappa shape index (κ2) is 6.33. The van der Waals surface area contributed by atoms with Crippen LogP contribution >= 0.6 is 0 Å². The number of pyridine rings is 1. The molecule has 1 aromatic rings. The zero-order valence-corrected chi connectivity index (χ0v) is 11.2. The molecule has 1 rings (SSSR count). The lowest BCUT2D eigenvalue weighted by molar-refractivity contribution is 0.476. The number of nitrogens with zero attached hydrogens (tertiary/aromatic N) is 3. The molecule has 0 atom stereocenters. The summed E-state index contributed by atoms with van der Waals surface area (Å²) in [5.41, 5.74) is 0. The molecule has 0 radical (unpaired) electrons. The minimum atomic E-state index is -3.55. The van der Waals surface area contributed by atoms with Crippen LogP contribution in [0.2, 0.25) is 0 Å². The quantitative estimate of drug-likeness (QED) is 0.833. The van der Waals surface area contributed by atoms with Gasteiger partial charge in [-0.15, -0.1) is 0 Å². The molecular formula is C11H16N4O2S. The van der Waals surface area contributed by atoms with Crippen LogP contribution in [-0.2, 0) is 10.0 Å². The number of sulfonamides is 1. The summed E-state index contributed by atoms with van der Waals surface area (Å²) in [6.45, 7) is 2.83. The Bertz CT molecular complexity index is 519. The molecule has 1 aromatic heterocycles. The Kier molecular flexibility index (Phi) is 5.07. The molecular weight excluding hydrogens is 252 g/mol. The number of aromatic nitrogens is 1. The Labute approximate surface area is 107 Å². The fraction of sp³-hybridized carbons (Fsp3) is 0.455. The normalized spacial score (nSPS) is 11.2. The summed E-state index contributed by atoms with van der Waals surface area (Å²) < 4.78 is 25.3. The fourth-order valence-corrected chi connectivity index (χ4v) is 2.44. The summed E-state index contributed by atoms with van der Waals surface area (Å²) >= 11 is 0. The van der Waals surface area contributed by atoms with E-state index < -0.39 is 10.0 Å². The van der Waals surface area contributed by atoms with Gasteiger partial charge in [0.15, 0.2) is 0 Å². The molecule has 0 unspecified atom stereocenters. The maximum atomic E-state index is 12.1. The van der Waals surface area contributed by atoms with E-state index in [4.69, 9.17) is 5.26 Å². The number of anilines is 1. The molecule has 0 amide bonds. The predicted octanol–water partition coefficient (Wildman–Crippen LogP) is 1.05. The molecule has 18 heavy (non-hydrogen) atoms. The van der Waals surface area contributed by atoms with Crippen LogP contribution in [0.3, 0.4) is 0 Å². The van der Waals surface area contributed by atoms with Crippen molar-refractivity contribution in [2.24, 2.45) is 0 Å². The smallest absolute Gasteiger partial charge is 0.244 e. The third-order valence-corrected chi connectivity index (χ3v) is 4.18. The van der Waals surface area contributed by atoms with Gasteiger partial charge in [0.05, 0.1) is 6.07 Å². The zero-order valence-electron chi connectivity index (χ0n) is 10.4. The summed E-state index contributed by atoms with van der Waals surface area (Å²) in [4.78, 5) is 4.14. The van der Waals surface area contributed by atoms with Crippen LogP contribution in [0, 0.1) is 11.3 Å². The molecule has 6 nitrogen and oxygen atoms in total. The highest BCUT2D eigenvalue weighted by Crippen LogP contribution is 2.15. The fourth-order valence-electron chi connectivity index (χ4n) is 1.33. The van der Waals surface area contributed by atoms with Gasteiger partial charge < -0.3 is 5.32 Å². The number of hydrogen-bond donors (Lipinski definition) is 1. The van der Waals surface area contributed by atoms with E-state index in [9.17, 15) is 8.42 Å². The average molecular weight is 268 g/mol. The molecule has 0 aliphatic heterocycles. The van der Waals surface area contributed by atoms with Crippen molar-refractivity contribution in [3.8, 4) is 6.07 Å². The van der Waals surface area contributed by atoms with Crippen LogP contribution in [0.25, 0.3) is 0 Å². The lowest BCUT2D eigenvalue weighted by Gasteiger charge is -2.15. The van der Waals surface area contributed by atoms with Gasteiger partial charge in [-0.25, -0.2) is 13.4 Å².